The van der Waals surface area contributed by atoms with Crippen molar-refractivity contribution in [2.45, 2.75) is 53.1 Å². The van der Waals surface area contributed by atoms with Crippen molar-refractivity contribution < 1.29 is 9.53 Å². The van der Waals surface area contributed by atoms with Crippen LogP contribution in [0.3, 0.4) is 0 Å². The molecule has 0 fully saturated rings. The lowest BCUT2D eigenvalue weighted by molar-refractivity contribution is -0.152. The van der Waals surface area contributed by atoms with Crippen LogP contribution in [0.25, 0.3) is 0 Å². The Balaban J connectivity index is 4.62. The molecule has 0 saturated carbocycles. The van der Waals surface area contributed by atoms with Gasteiger partial charge in [0, 0.05) is 6.04 Å². The molecule has 0 bridgehead atoms. The number of esters is 1. The maximum Gasteiger partial charge on any atom is 0.326 e. The zero-order chi connectivity index (χ0) is 11.4. The van der Waals surface area contributed by atoms with Crippen LogP contribution in [0.15, 0.2) is 0 Å². The Bertz CT molecular complexity index is 190. The van der Waals surface area contributed by atoms with Gasteiger partial charge in [-0.05, 0) is 33.6 Å². The van der Waals surface area contributed by atoms with Crippen LogP contribution in [0.1, 0.15) is 41.5 Å². The Hall–Kier alpha value is -0.570. The van der Waals surface area contributed by atoms with Gasteiger partial charge in [-0.25, -0.2) is 0 Å². The van der Waals surface area contributed by atoms with Crippen molar-refractivity contribution in [3.63, 3.8) is 0 Å². The molecule has 0 saturated heterocycles. The van der Waals surface area contributed by atoms with E-state index in [1.807, 2.05) is 41.5 Å². The first-order chi connectivity index (χ1) is 6.34. The lowest BCUT2D eigenvalue weighted by Crippen LogP contribution is -2.56. The van der Waals surface area contributed by atoms with Gasteiger partial charge in [0.15, 0.2) is 0 Å². The van der Waals surface area contributed by atoms with Crippen molar-refractivity contribution in [2.24, 2.45) is 5.92 Å². The van der Waals surface area contributed by atoms with Crippen LogP contribution in [-0.2, 0) is 9.53 Å². The summed E-state index contributed by atoms with van der Waals surface area (Å²) in [6, 6.07) is 0.270. The highest BCUT2D eigenvalue weighted by Gasteiger charge is 2.38. The molecule has 1 atom stereocenters. The number of carbonyl (C=O) groups is 1. The minimum absolute atomic E-state index is 0.163. The highest BCUT2D eigenvalue weighted by Crippen LogP contribution is 2.19. The van der Waals surface area contributed by atoms with Gasteiger partial charge in [0.1, 0.15) is 5.54 Å². The molecule has 0 aromatic heterocycles. The second-order valence-corrected chi connectivity index (χ2v) is 4.38. The van der Waals surface area contributed by atoms with Gasteiger partial charge < -0.3 is 4.74 Å². The standard InChI is InChI=1S/C11H23NO2/c1-7-14-10(13)11(6,8(2)3)12-9(4)5/h8-9,12H,7H2,1-6H3. The fourth-order valence-corrected chi connectivity index (χ4v) is 1.34. The molecule has 14 heavy (non-hydrogen) atoms. The Morgan fingerprint density at radius 1 is 1.36 bits per heavy atom. The molecule has 1 unspecified atom stereocenters. The first-order valence-corrected chi connectivity index (χ1v) is 5.29. The molecule has 0 rings (SSSR count). The molecule has 84 valence electrons. The average Bonchev–Trinajstić information content (AvgIpc) is 2.02. The normalized spacial score (nSPS) is 15.7. The van der Waals surface area contributed by atoms with Crippen LogP contribution in [-0.4, -0.2) is 24.2 Å². The second-order valence-electron chi connectivity index (χ2n) is 4.38. The third-order valence-corrected chi connectivity index (χ3v) is 2.44. The topological polar surface area (TPSA) is 38.3 Å². The zero-order valence-electron chi connectivity index (χ0n) is 10.2. The van der Waals surface area contributed by atoms with E-state index >= 15 is 0 Å². The third-order valence-electron chi connectivity index (χ3n) is 2.44. The third kappa shape index (κ3) is 3.29. The first-order valence-electron chi connectivity index (χ1n) is 5.29. The minimum Gasteiger partial charge on any atom is -0.465 e. The molecule has 0 aliphatic heterocycles. The van der Waals surface area contributed by atoms with Gasteiger partial charge in [0.25, 0.3) is 0 Å². The molecule has 0 aliphatic carbocycles. The van der Waals surface area contributed by atoms with E-state index in [1.54, 1.807) is 0 Å². The summed E-state index contributed by atoms with van der Waals surface area (Å²) >= 11 is 0. The summed E-state index contributed by atoms with van der Waals surface area (Å²) in [5.41, 5.74) is -0.579. The van der Waals surface area contributed by atoms with Gasteiger partial charge in [-0.1, -0.05) is 13.8 Å². The monoisotopic (exact) mass is 201 g/mol. The molecular weight excluding hydrogens is 178 g/mol. The van der Waals surface area contributed by atoms with E-state index in [0.29, 0.717) is 6.61 Å². The van der Waals surface area contributed by atoms with E-state index in [1.165, 1.54) is 0 Å². The summed E-state index contributed by atoms with van der Waals surface area (Å²) in [6.45, 7) is 12.3. The Labute approximate surface area is 87.2 Å². The lowest BCUT2D eigenvalue weighted by atomic mass is 9.88. The Morgan fingerprint density at radius 2 is 1.86 bits per heavy atom. The zero-order valence-corrected chi connectivity index (χ0v) is 10.2. The lowest BCUT2D eigenvalue weighted by Gasteiger charge is -2.34. The van der Waals surface area contributed by atoms with Crippen LogP contribution in [0, 0.1) is 5.92 Å². The average molecular weight is 201 g/mol. The predicted molar refractivity (Wildman–Crippen MR) is 58.1 cm³/mol. The highest BCUT2D eigenvalue weighted by atomic mass is 16.5. The molecule has 0 aromatic carbocycles. The summed E-state index contributed by atoms with van der Waals surface area (Å²) in [7, 11) is 0. The molecule has 0 spiro atoms. The van der Waals surface area contributed by atoms with Crippen molar-refractivity contribution in [2.75, 3.05) is 6.61 Å². The smallest absolute Gasteiger partial charge is 0.326 e. The molecule has 1 N–H and O–H groups in total. The molecule has 0 amide bonds. The summed E-state index contributed by atoms with van der Waals surface area (Å²) < 4.78 is 5.07. The number of carbonyl (C=O) groups excluding carboxylic acids is 1. The predicted octanol–water partition coefficient (Wildman–Crippen LogP) is 1.96. The molecular formula is C11H23NO2. The van der Waals surface area contributed by atoms with Crippen LogP contribution in [0.4, 0.5) is 0 Å². The number of rotatable bonds is 5. The van der Waals surface area contributed by atoms with Crippen molar-refractivity contribution in [3.05, 3.63) is 0 Å². The van der Waals surface area contributed by atoms with E-state index < -0.39 is 5.54 Å². The van der Waals surface area contributed by atoms with E-state index in [-0.39, 0.29) is 17.9 Å². The maximum absolute atomic E-state index is 11.8. The summed E-state index contributed by atoms with van der Waals surface area (Å²) in [5.74, 6) is 0.0487. The minimum atomic E-state index is -0.579. The van der Waals surface area contributed by atoms with E-state index in [4.69, 9.17) is 4.74 Å². The SMILES string of the molecule is CCOC(=O)C(C)(NC(C)C)C(C)C. The fraction of sp³-hybridized carbons (Fsp3) is 0.909. The highest BCUT2D eigenvalue weighted by molar-refractivity contribution is 5.80. The summed E-state index contributed by atoms with van der Waals surface area (Å²) in [4.78, 5) is 11.8. The number of nitrogens with one attached hydrogen (secondary N) is 1. The van der Waals surface area contributed by atoms with Gasteiger partial charge in [0.2, 0.25) is 0 Å². The van der Waals surface area contributed by atoms with E-state index in [2.05, 4.69) is 5.32 Å². The molecule has 0 aliphatic rings. The van der Waals surface area contributed by atoms with Gasteiger partial charge >= 0.3 is 5.97 Å². The van der Waals surface area contributed by atoms with Crippen molar-refractivity contribution in [1.82, 2.24) is 5.32 Å². The summed E-state index contributed by atoms with van der Waals surface area (Å²) in [5, 5.41) is 3.27. The molecule has 0 aromatic rings. The molecule has 0 radical (unpaired) electrons. The Morgan fingerprint density at radius 3 is 2.14 bits per heavy atom. The van der Waals surface area contributed by atoms with Crippen molar-refractivity contribution in [1.29, 1.82) is 0 Å². The maximum atomic E-state index is 11.8. The number of hydrogen-bond acceptors (Lipinski definition) is 3. The quantitative estimate of drug-likeness (QED) is 0.691. The van der Waals surface area contributed by atoms with Crippen molar-refractivity contribution in [3.8, 4) is 0 Å². The van der Waals surface area contributed by atoms with Crippen molar-refractivity contribution >= 4 is 5.97 Å². The van der Waals surface area contributed by atoms with Crippen LogP contribution in [0.2, 0.25) is 0 Å². The Kier molecular flexibility index (Phi) is 5.13. The largest absolute Gasteiger partial charge is 0.465 e. The molecule has 0 heterocycles. The number of ether oxygens (including phenoxy) is 1. The van der Waals surface area contributed by atoms with Gasteiger partial charge in [-0.15, -0.1) is 0 Å². The summed E-state index contributed by atoms with van der Waals surface area (Å²) in [6.07, 6.45) is 0. The fourth-order valence-electron chi connectivity index (χ4n) is 1.34. The number of hydrogen-bond donors (Lipinski definition) is 1. The van der Waals surface area contributed by atoms with E-state index in [9.17, 15) is 4.79 Å². The molecule has 3 heteroatoms. The molecule has 3 nitrogen and oxygen atoms in total. The van der Waals surface area contributed by atoms with E-state index in [0.717, 1.165) is 0 Å². The second kappa shape index (κ2) is 5.35. The van der Waals surface area contributed by atoms with Crippen LogP contribution >= 0.6 is 0 Å². The van der Waals surface area contributed by atoms with Crippen LogP contribution < -0.4 is 5.32 Å². The van der Waals surface area contributed by atoms with Crippen LogP contribution in [0.5, 0.6) is 0 Å². The van der Waals surface area contributed by atoms with Gasteiger partial charge in [-0.3, -0.25) is 10.1 Å². The van der Waals surface area contributed by atoms with Gasteiger partial charge in [-0.2, -0.15) is 0 Å². The van der Waals surface area contributed by atoms with Gasteiger partial charge in [0.05, 0.1) is 6.61 Å². The first kappa shape index (κ1) is 13.4.